The zero-order valence-corrected chi connectivity index (χ0v) is 13.5. The Hall–Kier alpha value is -1.17. The molecule has 0 aliphatic carbocycles. The van der Waals surface area contributed by atoms with Crippen LogP contribution >= 0.6 is 15.9 Å². The van der Waals surface area contributed by atoms with Gasteiger partial charge in [0.05, 0.1) is 4.90 Å². The van der Waals surface area contributed by atoms with Gasteiger partial charge in [-0.3, -0.25) is 0 Å². The van der Waals surface area contributed by atoms with Gasteiger partial charge in [0.1, 0.15) is 0 Å². The number of halogens is 1. The summed E-state index contributed by atoms with van der Waals surface area (Å²) < 4.78 is 26.6. The third kappa shape index (κ3) is 3.69. The molecule has 0 bridgehead atoms. The van der Waals surface area contributed by atoms with E-state index in [2.05, 4.69) is 32.8 Å². The van der Waals surface area contributed by atoms with Crippen LogP contribution in [0, 0.1) is 0 Å². The first kappa shape index (κ1) is 15.2. The molecule has 0 aliphatic heterocycles. The predicted octanol–water partition coefficient (Wildman–Crippen LogP) is 3.14. The number of hydrogen-bond donors (Lipinski definition) is 1. The number of nitrogens with one attached hydrogen (secondary N) is 1. The Morgan fingerprint density at radius 2 is 1.75 bits per heavy atom. The van der Waals surface area contributed by atoms with Crippen molar-refractivity contribution in [3.8, 4) is 0 Å². The first-order valence-electron chi connectivity index (χ1n) is 6.29. The second-order valence-corrected chi connectivity index (χ2v) is 7.19. The molecule has 1 N–H and O–H groups in total. The van der Waals surface area contributed by atoms with Crippen LogP contribution in [0.2, 0.25) is 0 Å². The fourth-order valence-corrected chi connectivity index (χ4v) is 3.42. The molecule has 0 aliphatic rings. The molecule has 2 rings (SSSR count). The second-order valence-electron chi connectivity index (χ2n) is 4.45. The van der Waals surface area contributed by atoms with Crippen LogP contribution in [0.1, 0.15) is 11.1 Å². The summed E-state index contributed by atoms with van der Waals surface area (Å²) in [6.07, 6.45) is 1.79. The smallest absolute Gasteiger partial charge is 0.214 e. The third-order valence-electron chi connectivity index (χ3n) is 3.13. The van der Waals surface area contributed by atoms with Crippen LogP contribution < -0.4 is 4.72 Å². The van der Waals surface area contributed by atoms with Crippen molar-refractivity contribution >= 4 is 26.0 Å². The Bertz CT molecular complexity index is 684. The van der Waals surface area contributed by atoms with Gasteiger partial charge in [0.15, 0.2) is 0 Å². The van der Waals surface area contributed by atoms with E-state index in [-0.39, 0.29) is 4.90 Å². The van der Waals surface area contributed by atoms with Crippen LogP contribution in [0.5, 0.6) is 0 Å². The molecule has 3 nitrogen and oxygen atoms in total. The van der Waals surface area contributed by atoms with Gasteiger partial charge in [-0.05, 0) is 43.1 Å². The Kier molecular flexibility index (Phi) is 4.96. The summed E-state index contributed by atoms with van der Waals surface area (Å²) in [5.41, 5.74) is 2.37. The van der Waals surface area contributed by atoms with E-state index in [1.165, 1.54) is 12.6 Å². The van der Waals surface area contributed by atoms with Crippen molar-refractivity contribution in [3.63, 3.8) is 0 Å². The summed E-state index contributed by atoms with van der Waals surface area (Å²) >= 11 is 3.45. The quantitative estimate of drug-likeness (QED) is 0.897. The van der Waals surface area contributed by atoms with E-state index in [1.54, 1.807) is 12.1 Å². The number of sulfonamides is 1. The maximum Gasteiger partial charge on any atom is 0.240 e. The lowest BCUT2D eigenvalue weighted by Gasteiger charge is -2.08. The molecule has 0 unspecified atom stereocenters. The van der Waals surface area contributed by atoms with Crippen LogP contribution in [-0.2, 0) is 22.9 Å². The van der Waals surface area contributed by atoms with Crippen molar-refractivity contribution < 1.29 is 8.42 Å². The van der Waals surface area contributed by atoms with Crippen LogP contribution in [-0.4, -0.2) is 15.5 Å². The van der Waals surface area contributed by atoms with Gasteiger partial charge in [0, 0.05) is 4.47 Å². The SMILES string of the molecule is CNS(=O)(=O)c1ccc(CCc2ccccc2)c(Br)c1. The van der Waals surface area contributed by atoms with Crippen molar-refractivity contribution in [1.29, 1.82) is 0 Å². The van der Waals surface area contributed by atoms with Crippen molar-refractivity contribution in [2.75, 3.05) is 7.05 Å². The summed E-state index contributed by atoms with van der Waals surface area (Å²) in [7, 11) is -1.98. The topological polar surface area (TPSA) is 46.2 Å². The molecule has 0 radical (unpaired) electrons. The Labute approximate surface area is 128 Å². The highest BCUT2D eigenvalue weighted by Gasteiger charge is 2.12. The van der Waals surface area contributed by atoms with Crippen molar-refractivity contribution in [3.05, 3.63) is 64.1 Å². The zero-order valence-electron chi connectivity index (χ0n) is 11.1. The highest BCUT2D eigenvalue weighted by molar-refractivity contribution is 9.10. The van der Waals surface area contributed by atoms with Crippen LogP contribution in [0.15, 0.2) is 57.9 Å². The van der Waals surface area contributed by atoms with Gasteiger partial charge in [-0.1, -0.05) is 52.3 Å². The van der Waals surface area contributed by atoms with Crippen LogP contribution in [0.3, 0.4) is 0 Å². The molecule has 0 saturated carbocycles. The summed E-state index contributed by atoms with van der Waals surface area (Å²) in [6, 6.07) is 15.4. The number of aryl methyl sites for hydroxylation is 2. The van der Waals surface area contributed by atoms with Gasteiger partial charge >= 0.3 is 0 Å². The minimum atomic E-state index is -3.38. The molecule has 0 atom stereocenters. The highest BCUT2D eigenvalue weighted by Crippen LogP contribution is 2.22. The molecule has 0 saturated heterocycles. The third-order valence-corrected chi connectivity index (χ3v) is 5.28. The molecular weight excluding hydrogens is 338 g/mol. The van der Waals surface area contributed by atoms with E-state index in [0.717, 1.165) is 22.9 Å². The number of hydrogen-bond acceptors (Lipinski definition) is 2. The molecule has 0 aromatic heterocycles. The van der Waals surface area contributed by atoms with E-state index in [9.17, 15) is 8.42 Å². The predicted molar refractivity (Wildman–Crippen MR) is 84.2 cm³/mol. The molecule has 0 spiro atoms. The molecule has 2 aromatic rings. The van der Waals surface area contributed by atoms with Crippen molar-refractivity contribution in [1.82, 2.24) is 4.72 Å². The van der Waals surface area contributed by atoms with E-state index in [0.29, 0.717) is 0 Å². The molecular formula is C15H16BrNO2S. The largest absolute Gasteiger partial charge is 0.240 e. The average Bonchev–Trinajstić information content (AvgIpc) is 2.47. The van der Waals surface area contributed by atoms with Gasteiger partial charge in [-0.15, -0.1) is 0 Å². The number of rotatable bonds is 5. The lowest BCUT2D eigenvalue weighted by molar-refractivity contribution is 0.588. The maximum absolute atomic E-state index is 11.7. The van der Waals surface area contributed by atoms with Gasteiger partial charge in [-0.25, -0.2) is 13.1 Å². The maximum atomic E-state index is 11.7. The van der Waals surface area contributed by atoms with E-state index in [1.807, 2.05) is 24.3 Å². The highest BCUT2D eigenvalue weighted by atomic mass is 79.9. The normalized spacial score (nSPS) is 11.5. The summed E-state index contributed by atoms with van der Waals surface area (Å²) in [5, 5.41) is 0. The van der Waals surface area contributed by atoms with Gasteiger partial charge in [-0.2, -0.15) is 0 Å². The van der Waals surface area contributed by atoms with E-state index < -0.39 is 10.0 Å². The zero-order chi connectivity index (χ0) is 14.6. The monoisotopic (exact) mass is 353 g/mol. The summed E-state index contributed by atoms with van der Waals surface area (Å²) in [4.78, 5) is 0.273. The number of benzene rings is 2. The Morgan fingerprint density at radius 1 is 1.05 bits per heavy atom. The molecule has 0 fully saturated rings. The van der Waals surface area contributed by atoms with Crippen molar-refractivity contribution in [2.45, 2.75) is 17.7 Å². The lowest BCUT2D eigenvalue weighted by atomic mass is 10.0. The molecule has 2 aromatic carbocycles. The van der Waals surface area contributed by atoms with Crippen molar-refractivity contribution in [2.24, 2.45) is 0 Å². The lowest BCUT2D eigenvalue weighted by Crippen LogP contribution is -2.18. The Balaban J connectivity index is 2.15. The molecule has 20 heavy (non-hydrogen) atoms. The molecule has 0 amide bonds. The van der Waals surface area contributed by atoms with E-state index in [4.69, 9.17) is 0 Å². The molecule has 0 heterocycles. The molecule has 106 valence electrons. The minimum absolute atomic E-state index is 0.273. The van der Waals surface area contributed by atoms with Gasteiger partial charge < -0.3 is 0 Å². The summed E-state index contributed by atoms with van der Waals surface area (Å²) in [6.45, 7) is 0. The Morgan fingerprint density at radius 3 is 2.35 bits per heavy atom. The second kappa shape index (κ2) is 6.52. The standard InChI is InChI=1S/C15H16BrNO2S/c1-17-20(18,19)14-10-9-13(15(16)11-14)8-7-12-5-3-2-4-6-12/h2-6,9-11,17H,7-8H2,1H3. The first-order valence-corrected chi connectivity index (χ1v) is 8.56. The minimum Gasteiger partial charge on any atom is -0.214 e. The average molecular weight is 354 g/mol. The van der Waals surface area contributed by atoms with Gasteiger partial charge in [0.2, 0.25) is 10.0 Å². The van der Waals surface area contributed by atoms with Crippen LogP contribution in [0.25, 0.3) is 0 Å². The fraction of sp³-hybridized carbons (Fsp3) is 0.200. The fourth-order valence-electron chi connectivity index (χ4n) is 1.94. The first-order chi connectivity index (χ1) is 9.53. The van der Waals surface area contributed by atoms with E-state index >= 15 is 0 Å². The molecule has 5 heteroatoms. The summed E-state index contributed by atoms with van der Waals surface area (Å²) in [5.74, 6) is 0. The van der Waals surface area contributed by atoms with Gasteiger partial charge in [0.25, 0.3) is 0 Å². The van der Waals surface area contributed by atoms with Crippen LogP contribution in [0.4, 0.5) is 0 Å².